The molecule has 0 atom stereocenters. The van der Waals surface area contributed by atoms with Gasteiger partial charge in [0.15, 0.2) is 0 Å². The van der Waals surface area contributed by atoms with Gasteiger partial charge in [-0.1, -0.05) is 68.4 Å². The van der Waals surface area contributed by atoms with Crippen molar-refractivity contribution < 1.29 is 9.53 Å². The number of aryl methyl sites for hydroxylation is 1. The SMILES string of the molecule is CC(C)COC(C)(C)CCNC(=O)CCCc1ccc2ccc3cccc4ccc1c2c34. The number of hydrogen-bond acceptors (Lipinski definition) is 2. The van der Waals surface area contributed by atoms with E-state index >= 15 is 0 Å². The molecule has 0 spiro atoms. The Morgan fingerprint density at radius 2 is 1.59 bits per heavy atom. The van der Waals surface area contributed by atoms with Crippen molar-refractivity contribution in [2.24, 2.45) is 5.92 Å². The fourth-order valence-corrected chi connectivity index (χ4v) is 4.51. The zero-order chi connectivity index (χ0) is 22.7. The molecule has 0 aliphatic carbocycles. The molecule has 3 heteroatoms. The Bertz CT molecular complexity index is 1190. The summed E-state index contributed by atoms with van der Waals surface area (Å²) >= 11 is 0. The maximum Gasteiger partial charge on any atom is 0.220 e. The molecule has 4 rings (SSSR count). The van der Waals surface area contributed by atoms with Crippen LogP contribution >= 0.6 is 0 Å². The van der Waals surface area contributed by atoms with Gasteiger partial charge in [-0.2, -0.15) is 0 Å². The molecule has 32 heavy (non-hydrogen) atoms. The van der Waals surface area contributed by atoms with E-state index in [9.17, 15) is 4.79 Å². The molecule has 0 fully saturated rings. The maximum atomic E-state index is 12.4. The molecule has 0 bridgehead atoms. The molecule has 0 saturated carbocycles. The average molecular weight is 430 g/mol. The average Bonchev–Trinajstić information content (AvgIpc) is 2.77. The van der Waals surface area contributed by atoms with Crippen LogP contribution in [0.15, 0.2) is 54.6 Å². The number of carbonyl (C=O) groups excluding carboxylic acids is 1. The predicted molar refractivity (Wildman–Crippen MR) is 136 cm³/mol. The number of ether oxygens (including phenoxy) is 1. The Balaban J connectivity index is 1.35. The highest BCUT2D eigenvalue weighted by Crippen LogP contribution is 2.36. The normalized spacial score (nSPS) is 12.4. The fraction of sp³-hybridized carbons (Fsp3) is 0.414. The smallest absolute Gasteiger partial charge is 0.220 e. The van der Waals surface area contributed by atoms with E-state index in [0.29, 0.717) is 18.9 Å². The van der Waals surface area contributed by atoms with Gasteiger partial charge in [-0.15, -0.1) is 0 Å². The molecule has 4 aromatic carbocycles. The first-order valence-corrected chi connectivity index (χ1v) is 11.9. The third-order valence-electron chi connectivity index (χ3n) is 6.33. The zero-order valence-corrected chi connectivity index (χ0v) is 19.8. The van der Waals surface area contributed by atoms with Gasteiger partial charge in [0, 0.05) is 19.6 Å². The third kappa shape index (κ3) is 5.05. The zero-order valence-electron chi connectivity index (χ0n) is 19.8. The van der Waals surface area contributed by atoms with Gasteiger partial charge in [0.1, 0.15) is 0 Å². The van der Waals surface area contributed by atoms with Gasteiger partial charge in [0.25, 0.3) is 0 Å². The van der Waals surface area contributed by atoms with E-state index in [2.05, 4.69) is 87.6 Å². The summed E-state index contributed by atoms with van der Waals surface area (Å²) in [6.45, 7) is 9.89. The van der Waals surface area contributed by atoms with Crippen LogP contribution in [-0.4, -0.2) is 24.7 Å². The van der Waals surface area contributed by atoms with Gasteiger partial charge in [0.05, 0.1) is 5.60 Å². The van der Waals surface area contributed by atoms with Crippen LogP contribution in [0.25, 0.3) is 32.3 Å². The monoisotopic (exact) mass is 429 g/mol. The summed E-state index contributed by atoms with van der Waals surface area (Å²) in [7, 11) is 0. The van der Waals surface area contributed by atoms with Crippen LogP contribution < -0.4 is 5.32 Å². The Kier molecular flexibility index (Phi) is 6.66. The summed E-state index contributed by atoms with van der Waals surface area (Å²) in [6, 6.07) is 19.9. The van der Waals surface area contributed by atoms with Crippen LogP contribution in [0, 0.1) is 5.92 Å². The standard InChI is InChI=1S/C29H35NO2/c1-20(2)19-32-29(3,4)17-18-30-26(31)10-6-7-21-11-12-24-14-13-22-8-5-9-23-15-16-25(21)28(24)27(22)23/h5,8-9,11-16,20H,6-7,10,17-19H2,1-4H3,(H,30,31). The second-order valence-corrected chi connectivity index (χ2v) is 10.00. The Morgan fingerprint density at radius 1 is 0.938 bits per heavy atom. The van der Waals surface area contributed by atoms with E-state index in [1.807, 2.05) is 0 Å². The number of amides is 1. The molecule has 0 saturated heterocycles. The third-order valence-corrected chi connectivity index (χ3v) is 6.33. The highest BCUT2D eigenvalue weighted by Gasteiger charge is 2.19. The lowest BCUT2D eigenvalue weighted by Crippen LogP contribution is -2.33. The first kappa shape index (κ1) is 22.5. The van der Waals surface area contributed by atoms with Crippen molar-refractivity contribution in [3.8, 4) is 0 Å². The van der Waals surface area contributed by atoms with E-state index in [-0.39, 0.29) is 11.5 Å². The summed E-state index contributed by atoms with van der Waals surface area (Å²) in [5, 5.41) is 11.0. The van der Waals surface area contributed by atoms with E-state index < -0.39 is 0 Å². The Hall–Kier alpha value is -2.65. The molecule has 0 heterocycles. The molecule has 0 aliphatic heterocycles. The molecule has 0 aliphatic rings. The molecule has 0 radical (unpaired) electrons. The van der Waals surface area contributed by atoms with Crippen LogP contribution in [0.4, 0.5) is 0 Å². The quantitative estimate of drug-likeness (QED) is 0.280. The summed E-state index contributed by atoms with van der Waals surface area (Å²) in [6.07, 6.45) is 3.13. The number of benzene rings is 4. The maximum absolute atomic E-state index is 12.4. The number of hydrogen-bond donors (Lipinski definition) is 1. The van der Waals surface area contributed by atoms with Crippen LogP contribution in [0.1, 0.15) is 52.5 Å². The molecule has 0 unspecified atom stereocenters. The summed E-state index contributed by atoms with van der Waals surface area (Å²) in [5.41, 5.74) is 1.12. The molecule has 3 nitrogen and oxygen atoms in total. The highest BCUT2D eigenvalue weighted by atomic mass is 16.5. The van der Waals surface area contributed by atoms with Crippen molar-refractivity contribution >= 4 is 38.2 Å². The van der Waals surface area contributed by atoms with Gasteiger partial charge in [-0.25, -0.2) is 0 Å². The summed E-state index contributed by atoms with van der Waals surface area (Å²) in [4.78, 5) is 12.4. The van der Waals surface area contributed by atoms with Crippen molar-refractivity contribution in [2.45, 2.75) is 59.0 Å². The Labute approximate surface area is 191 Å². The predicted octanol–water partition coefficient (Wildman–Crippen LogP) is 6.86. The van der Waals surface area contributed by atoms with Crippen molar-refractivity contribution in [3.63, 3.8) is 0 Å². The largest absolute Gasteiger partial charge is 0.375 e. The van der Waals surface area contributed by atoms with Crippen LogP contribution in [0.5, 0.6) is 0 Å². The lowest BCUT2D eigenvalue weighted by Gasteiger charge is -2.26. The molecule has 1 amide bonds. The van der Waals surface area contributed by atoms with Crippen molar-refractivity contribution in [1.82, 2.24) is 5.32 Å². The van der Waals surface area contributed by atoms with E-state index in [4.69, 9.17) is 4.74 Å². The van der Waals surface area contributed by atoms with Gasteiger partial charge < -0.3 is 10.1 Å². The first-order valence-electron chi connectivity index (χ1n) is 11.9. The molecular weight excluding hydrogens is 394 g/mol. The second-order valence-electron chi connectivity index (χ2n) is 10.00. The molecular formula is C29H35NO2. The minimum Gasteiger partial charge on any atom is -0.375 e. The number of nitrogens with one attached hydrogen (secondary N) is 1. The van der Waals surface area contributed by atoms with Gasteiger partial charge in [0.2, 0.25) is 5.91 Å². The molecule has 4 aromatic rings. The van der Waals surface area contributed by atoms with Crippen molar-refractivity contribution in [1.29, 1.82) is 0 Å². The van der Waals surface area contributed by atoms with Crippen LogP contribution in [-0.2, 0) is 16.0 Å². The lowest BCUT2D eigenvalue weighted by molar-refractivity contribution is -0.121. The van der Waals surface area contributed by atoms with Crippen LogP contribution in [0.2, 0.25) is 0 Å². The van der Waals surface area contributed by atoms with Crippen molar-refractivity contribution in [2.75, 3.05) is 13.2 Å². The lowest BCUT2D eigenvalue weighted by atomic mass is 9.90. The van der Waals surface area contributed by atoms with Gasteiger partial charge >= 0.3 is 0 Å². The number of rotatable bonds is 10. The highest BCUT2D eigenvalue weighted by molar-refractivity contribution is 6.23. The molecule has 0 aromatic heterocycles. The molecule has 1 N–H and O–H groups in total. The first-order chi connectivity index (χ1) is 15.3. The van der Waals surface area contributed by atoms with Crippen molar-refractivity contribution in [3.05, 3.63) is 60.2 Å². The topological polar surface area (TPSA) is 38.3 Å². The minimum atomic E-state index is -0.209. The number of carbonyl (C=O) groups is 1. The Morgan fingerprint density at radius 3 is 2.31 bits per heavy atom. The van der Waals surface area contributed by atoms with E-state index in [1.165, 1.54) is 37.9 Å². The minimum absolute atomic E-state index is 0.127. The van der Waals surface area contributed by atoms with E-state index in [0.717, 1.165) is 25.9 Å². The summed E-state index contributed by atoms with van der Waals surface area (Å²) in [5.74, 6) is 0.644. The molecule has 168 valence electrons. The van der Waals surface area contributed by atoms with E-state index in [1.54, 1.807) is 0 Å². The van der Waals surface area contributed by atoms with Gasteiger partial charge in [-0.05, 0) is 76.9 Å². The summed E-state index contributed by atoms with van der Waals surface area (Å²) < 4.78 is 5.95. The van der Waals surface area contributed by atoms with Crippen LogP contribution in [0.3, 0.4) is 0 Å². The fourth-order valence-electron chi connectivity index (χ4n) is 4.51. The second kappa shape index (κ2) is 9.46. The van der Waals surface area contributed by atoms with Gasteiger partial charge in [-0.3, -0.25) is 4.79 Å².